The van der Waals surface area contributed by atoms with Crippen molar-refractivity contribution in [2.24, 2.45) is 0 Å². The Bertz CT molecular complexity index is 1710. The van der Waals surface area contributed by atoms with Gasteiger partial charge in [0.15, 0.2) is 0 Å². The number of likely N-dealkylation sites (N-methyl/N-ethyl adjacent to an activating group) is 2. The van der Waals surface area contributed by atoms with Crippen LogP contribution in [-0.4, -0.2) is 90.1 Å². The predicted molar refractivity (Wildman–Crippen MR) is 202 cm³/mol. The monoisotopic (exact) mass is 714 g/mol. The van der Waals surface area contributed by atoms with Crippen LogP contribution in [0.15, 0.2) is 84.9 Å². The molecule has 52 heavy (non-hydrogen) atoms. The van der Waals surface area contributed by atoms with E-state index in [9.17, 15) is 24.0 Å². The molecule has 3 aromatic carbocycles. The molecule has 0 aliphatic heterocycles. The second-order valence-corrected chi connectivity index (χ2v) is 14.6. The number of carbonyl (C=O) groups is 5. The Hall–Kier alpha value is -5.19. The molecule has 0 spiro atoms. The number of carbonyl (C=O) groups excluding carboxylic acids is 5. The van der Waals surface area contributed by atoms with Crippen LogP contribution in [-0.2, 0) is 41.5 Å². The fraction of sp³-hybridized carbons (Fsp3) is 0.439. The molecule has 2 atom stereocenters. The lowest BCUT2D eigenvalue weighted by atomic mass is 9.98. The summed E-state index contributed by atoms with van der Waals surface area (Å²) in [6, 6.07) is 21.4. The van der Waals surface area contributed by atoms with Crippen molar-refractivity contribution in [2.75, 3.05) is 27.2 Å². The van der Waals surface area contributed by atoms with Gasteiger partial charge in [-0.15, -0.1) is 0 Å². The van der Waals surface area contributed by atoms with E-state index in [2.05, 4.69) is 10.6 Å². The first-order valence-electron chi connectivity index (χ1n) is 17.6. The minimum Gasteiger partial charge on any atom is -0.466 e. The van der Waals surface area contributed by atoms with Gasteiger partial charge in [-0.3, -0.25) is 19.2 Å². The summed E-state index contributed by atoms with van der Waals surface area (Å²) in [5.41, 5.74) is 0.351. The Labute approximate surface area is 307 Å². The van der Waals surface area contributed by atoms with Crippen LogP contribution in [0.3, 0.4) is 0 Å². The zero-order chi connectivity index (χ0) is 38.5. The largest absolute Gasteiger partial charge is 0.466 e. The molecule has 11 nitrogen and oxygen atoms in total. The highest BCUT2D eigenvalue weighted by Crippen LogP contribution is 2.21. The third-order valence-electron chi connectivity index (χ3n) is 8.39. The van der Waals surface area contributed by atoms with E-state index in [4.69, 9.17) is 9.47 Å². The van der Waals surface area contributed by atoms with Crippen LogP contribution in [0.2, 0.25) is 0 Å². The Morgan fingerprint density at radius 2 is 1.42 bits per heavy atom. The summed E-state index contributed by atoms with van der Waals surface area (Å²) < 4.78 is 10.4. The van der Waals surface area contributed by atoms with Crippen LogP contribution in [0.5, 0.6) is 0 Å². The van der Waals surface area contributed by atoms with Gasteiger partial charge in [-0.1, -0.05) is 78.9 Å². The first-order valence-corrected chi connectivity index (χ1v) is 17.6. The van der Waals surface area contributed by atoms with Crippen LogP contribution in [0, 0.1) is 0 Å². The maximum Gasteiger partial charge on any atom is 0.408 e. The first kappa shape index (κ1) is 41.2. The van der Waals surface area contributed by atoms with Gasteiger partial charge >= 0.3 is 12.1 Å². The Kier molecular flexibility index (Phi) is 15.0. The van der Waals surface area contributed by atoms with Gasteiger partial charge in [0.1, 0.15) is 17.7 Å². The van der Waals surface area contributed by atoms with E-state index in [0.29, 0.717) is 12.8 Å². The molecule has 2 unspecified atom stereocenters. The minimum absolute atomic E-state index is 0.163. The van der Waals surface area contributed by atoms with Crippen molar-refractivity contribution in [1.29, 1.82) is 0 Å². The number of alkyl carbamates (subject to hydrolysis) is 1. The molecular formula is C41H54N4O7. The number of hydrogen-bond acceptors (Lipinski definition) is 7. The highest BCUT2D eigenvalue weighted by atomic mass is 16.6. The Morgan fingerprint density at radius 1 is 0.788 bits per heavy atom. The molecule has 280 valence electrons. The summed E-state index contributed by atoms with van der Waals surface area (Å²) in [5.74, 6) is -1.57. The Balaban J connectivity index is 1.87. The molecule has 0 bridgehead atoms. The standard InChI is InChI=1S/C41H54N4O7/c1-29(46)51-25-15-24-42-37(48)34(27-30-16-10-9-11-17-30)45(8)38(49)35(28-31-21-22-32-18-12-13-19-33(32)26-31)44(7)36(47)20-14-23-41(5,6)43-39(50)52-40(2,3)4/h9-14,16-22,26,34-35H,15,23-25,27-28H2,1-8H3,(H,42,48)(H,43,50)/b20-14+. The SMILES string of the molecule is CC(=O)OCCCNC(=O)C(Cc1ccccc1)N(C)C(=O)C(Cc1ccc2ccccc2c1)N(C)C(=O)/C=C/CC(C)(C)NC(=O)OC(C)(C)C. The third-order valence-corrected chi connectivity index (χ3v) is 8.39. The molecular weight excluding hydrogens is 660 g/mol. The average molecular weight is 715 g/mol. The van der Waals surface area contributed by atoms with E-state index in [1.54, 1.807) is 40.9 Å². The maximum absolute atomic E-state index is 14.5. The summed E-state index contributed by atoms with van der Waals surface area (Å²) in [4.78, 5) is 68.2. The molecule has 0 saturated heterocycles. The van der Waals surface area contributed by atoms with Crippen LogP contribution in [0.25, 0.3) is 10.8 Å². The second kappa shape index (κ2) is 18.9. The van der Waals surface area contributed by atoms with E-state index in [1.165, 1.54) is 22.8 Å². The van der Waals surface area contributed by atoms with E-state index >= 15 is 0 Å². The van der Waals surface area contributed by atoms with Crippen LogP contribution in [0.4, 0.5) is 4.79 Å². The molecule has 11 heteroatoms. The number of amides is 4. The molecule has 0 saturated carbocycles. The lowest BCUT2D eigenvalue weighted by molar-refractivity contribution is -0.146. The van der Waals surface area contributed by atoms with Gasteiger partial charge in [-0.2, -0.15) is 0 Å². The van der Waals surface area contributed by atoms with Gasteiger partial charge in [-0.05, 0) is 75.4 Å². The zero-order valence-corrected chi connectivity index (χ0v) is 31.7. The normalized spacial score (nSPS) is 12.8. The summed E-state index contributed by atoms with van der Waals surface area (Å²) in [6.07, 6.45) is 3.70. The summed E-state index contributed by atoms with van der Waals surface area (Å²) >= 11 is 0. The van der Waals surface area contributed by atoms with Crippen molar-refractivity contribution in [3.8, 4) is 0 Å². The molecule has 4 amide bonds. The van der Waals surface area contributed by atoms with Crippen molar-refractivity contribution >= 4 is 40.6 Å². The third kappa shape index (κ3) is 13.5. The highest BCUT2D eigenvalue weighted by Gasteiger charge is 2.35. The zero-order valence-electron chi connectivity index (χ0n) is 31.7. The van der Waals surface area contributed by atoms with Crippen LogP contribution >= 0.6 is 0 Å². The van der Waals surface area contributed by atoms with Crippen molar-refractivity contribution < 1.29 is 33.4 Å². The number of hydrogen-bond donors (Lipinski definition) is 2. The van der Waals surface area contributed by atoms with Gasteiger partial charge in [0.25, 0.3) is 0 Å². The van der Waals surface area contributed by atoms with Crippen molar-refractivity contribution in [2.45, 2.75) is 90.4 Å². The molecule has 2 N–H and O–H groups in total. The molecule has 0 aliphatic rings. The van der Waals surface area contributed by atoms with Gasteiger partial charge in [0.2, 0.25) is 17.7 Å². The lowest BCUT2D eigenvalue weighted by Gasteiger charge is -2.34. The first-order chi connectivity index (χ1) is 24.5. The van der Waals surface area contributed by atoms with Crippen LogP contribution in [0.1, 0.15) is 65.5 Å². The smallest absolute Gasteiger partial charge is 0.408 e. The molecule has 0 radical (unpaired) electrons. The molecule has 0 fully saturated rings. The van der Waals surface area contributed by atoms with E-state index in [-0.39, 0.29) is 31.9 Å². The quantitative estimate of drug-likeness (QED) is 0.112. The van der Waals surface area contributed by atoms with Crippen molar-refractivity contribution in [3.05, 3.63) is 96.1 Å². The summed E-state index contributed by atoms with van der Waals surface area (Å²) in [7, 11) is 3.16. The molecule has 0 heterocycles. The fourth-order valence-electron chi connectivity index (χ4n) is 5.58. The average Bonchev–Trinajstić information content (AvgIpc) is 3.07. The Morgan fingerprint density at radius 3 is 2.08 bits per heavy atom. The minimum atomic E-state index is -0.953. The number of nitrogens with zero attached hydrogens (tertiary/aromatic N) is 2. The second-order valence-electron chi connectivity index (χ2n) is 14.6. The number of fused-ring (bicyclic) bond motifs is 1. The van der Waals surface area contributed by atoms with Crippen molar-refractivity contribution in [3.63, 3.8) is 0 Å². The van der Waals surface area contributed by atoms with E-state index in [0.717, 1.165) is 21.9 Å². The number of rotatable bonds is 16. The topological polar surface area (TPSA) is 134 Å². The van der Waals surface area contributed by atoms with Gasteiger partial charge in [-0.25, -0.2) is 4.79 Å². The van der Waals surface area contributed by atoms with Crippen LogP contribution < -0.4 is 10.6 Å². The number of esters is 1. The lowest BCUT2D eigenvalue weighted by Crippen LogP contribution is -2.56. The summed E-state index contributed by atoms with van der Waals surface area (Å²) in [5, 5.41) is 7.77. The van der Waals surface area contributed by atoms with E-state index < -0.39 is 47.1 Å². The fourth-order valence-corrected chi connectivity index (χ4v) is 5.58. The van der Waals surface area contributed by atoms with Crippen molar-refractivity contribution in [1.82, 2.24) is 20.4 Å². The van der Waals surface area contributed by atoms with Gasteiger partial charge < -0.3 is 29.9 Å². The van der Waals surface area contributed by atoms with Gasteiger partial charge in [0, 0.05) is 45.9 Å². The number of benzene rings is 3. The maximum atomic E-state index is 14.5. The highest BCUT2D eigenvalue weighted by molar-refractivity contribution is 5.95. The molecule has 3 rings (SSSR count). The predicted octanol–water partition coefficient (Wildman–Crippen LogP) is 5.60. The molecule has 0 aromatic heterocycles. The number of ether oxygens (including phenoxy) is 2. The number of nitrogens with one attached hydrogen (secondary N) is 2. The molecule has 3 aromatic rings. The molecule has 0 aliphatic carbocycles. The van der Waals surface area contributed by atoms with Gasteiger partial charge in [0.05, 0.1) is 6.61 Å². The summed E-state index contributed by atoms with van der Waals surface area (Å²) in [6.45, 7) is 10.7. The van der Waals surface area contributed by atoms with E-state index in [1.807, 2.05) is 86.6 Å².